The SMILES string of the molecule is CC(C)c1nnc(SCC(=O)O)n1C1(C)CC1. The Kier molecular flexibility index (Phi) is 3.16. The molecule has 1 saturated carbocycles. The minimum atomic E-state index is -0.823. The van der Waals surface area contributed by atoms with Crippen LogP contribution in [-0.4, -0.2) is 31.6 Å². The number of hydrogen-bond acceptors (Lipinski definition) is 4. The van der Waals surface area contributed by atoms with Crippen LogP contribution in [0.15, 0.2) is 5.16 Å². The van der Waals surface area contributed by atoms with Gasteiger partial charge in [-0.1, -0.05) is 25.6 Å². The standard InChI is InChI=1S/C11H17N3O2S/c1-7(2)9-12-13-10(17-6-8(15)16)14(9)11(3)4-5-11/h7H,4-6H2,1-3H3,(H,15,16). The van der Waals surface area contributed by atoms with Gasteiger partial charge in [0.15, 0.2) is 5.16 Å². The first kappa shape index (κ1) is 12.4. The van der Waals surface area contributed by atoms with Gasteiger partial charge in [0.25, 0.3) is 0 Å². The molecule has 2 rings (SSSR count). The molecule has 0 spiro atoms. The second-order valence-corrected chi connectivity index (χ2v) is 5.95. The molecule has 1 aliphatic rings. The van der Waals surface area contributed by atoms with Gasteiger partial charge < -0.3 is 5.11 Å². The van der Waals surface area contributed by atoms with Crippen LogP contribution in [0.4, 0.5) is 0 Å². The number of carbonyl (C=O) groups is 1. The van der Waals surface area contributed by atoms with E-state index in [-0.39, 0.29) is 11.3 Å². The number of carboxylic acid groups (broad SMARTS) is 1. The zero-order valence-corrected chi connectivity index (χ0v) is 11.1. The third-order valence-electron chi connectivity index (χ3n) is 3.01. The Morgan fingerprint density at radius 1 is 1.53 bits per heavy atom. The number of rotatable bonds is 5. The molecule has 0 radical (unpaired) electrons. The average molecular weight is 255 g/mol. The Hall–Kier alpha value is -1.04. The first-order valence-corrected chi connectivity index (χ1v) is 6.73. The first-order valence-electron chi connectivity index (χ1n) is 5.74. The molecule has 17 heavy (non-hydrogen) atoms. The van der Waals surface area contributed by atoms with Crippen LogP contribution in [-0.2, 0) is 10.3 Å². The number of thioether (sulfide) groups is 1. The van der Waals surface area contributed by atoms with Gasteiger partial charge in [0.05, 0.1) is 5.75 Å². The summed E-state index contributed by atoms with van der Waals surface area (Å²) in [6.45, 7) is 6.34. The Morgan fingerprint density at radius 3 is 2.65 bits per heavy atom. The van der Waals surface area contributed by atoms with Crippen molar-refractivity contribution in [1.82, 2.24) is 14.8 Å². The van der Waals surface area contributed by atoms with Crippen molar-refractivity contribution in [2.45, 2.75) is 50.2 Å². The van der Waals surface area contributed by atoms with Crippen molar-refractivity contribution in [3.63, 3.8) is 0 Å². The molecule has 0 aromatic carbocycles. The van der Waals surface area contributed by atoms with Crippen LogP contribution in [0, 0.1) is 0 Å². The molecule has 94 valence electrons. The second-order valence-electron chi connectivity index (χ2n) is 5.01. The van der Waals surface area contributed by atoms with Gasteiger partial charge in [-0.3, -0.25) is 9.36 Å². The Bertz CT molecular complexity index is 438. The van der Waals surface area contributed by atoms with Crippen LogP contribution in [0.5, 0.6) is 0 Å². The lowest BCUT2D eigenvalue weighted by Gasteiger charge is -2.17. The Morgan fingerprint density at radius 2 is 2.18 bits per heavy atom. The van der Waals surface area contributed by atoms with Gasteiger partial charge in [0, 0.05) is 11.5 Å². The van der Waals surface area contributed by atoms with Gasteiger partial charge in [-0.2, -0.15) is 0 Å². The van der Waals surface area contributed by atoms with Crippen molar-refractivity contribution in [2.24, 2.45) is 0 Å². The zero-order valence-electron chi connectivity index (χ0n) is 10.3. The van der Waals surface area contributed by atoms with Crippen LogP contribution in [0.3, 0.4) is 0 Å². The summed E-state index contributed by atoms with van der Waals surface area (Å²) in [5.41, 5.74) is 0.101. The summed E-state index contributed by atoms with van der Waals surface area (Å²) < 4.78 is 2.13. The minimum absolute atomic E-state index is 0.0340. The summed E-state index contributed by atoms with van der Waals surface area (Å²) in [7, 11) is 0. The van der Waals surface area contributed by atoms with Gasteiger partial charge in [-0.15, -0.1) is 10.2 Å². The predicted octanol–water partition coefficient (Wildman–Crippen LogP) is 2.09. The fourth-order valence-electron chi connectivity index (χ4n) is 1.79. The lowest BCUT2D eigenvalue weighted by molar-refractivity contribution is -0.133. The monoisotopic (exact) mass is 255 g/mol. The van der Waals surface area contributed by atoms with E-state index >= 15 is 0 Å². The lowest BCUT2D eigenvalue weighted by atomic mass is 10.2. The zero-order chi connectivity index (χ0) is 12.6. The molecular formula is C11H17N3O2S. The highest BCUT2D eigenvalue weighted by molar-refractivity contribution is 7.99. The van der Waals surface area contributed by atoms with Gasteiger partial charge in [-0.05, 0) is 19.8 Å². The van der Waals surface area contributed by atoms with Crippen molar-refractivity contribution in [3.05, 3.63) is 5.82 Å². The first-order chi connectivity index (χ1) is 7.94. The lowest BCUT2D eigenvalue weighted by Crippen LogP contribution is -2.18. The number of aliphatic carboxylic acids is 1. The van der Waals surface area contributed by atoms with Crippen LogP contribution in [0.2, 0.25) is 0 Å². The second kappa shape index (κ2) is 4.33. The molecule has 0 unspecified atom stereocenters. The molecule has 6 heteroatoms. The van der Waals surface area contributed by atoms with E-state index in [1.165, 1.54) is 11.8 Å². The highest BCUT2D eigenvalue weighted by Crippen LogP contribution is 2.46. The number of hydrogen-bond donors (Lipinski definition) is 1. The molecule has 1 N–H and O–H groups in total. The highest BCUT2D eigenvalue weighted by atomic mass is 32.2. The van der Waals surface area contributed by atoms with E-state index in [4.69, 9.17) is 5.11 Å². The number of carboxylic acids is 1. The molecule has 1 fully saturated rings. The maximum Gasteiger partial charge on any atom is 0.313 e. The summed E-state index contributed by atoms with van der Waals surface area (Å²) in [4.78, 5) is 10.6. The molecule has 0 amide bonds. The molecule has 0 atom stereocenters. The van der Waals surface area contributed by atoms with Crippen molar-refractivity contribution >= 4 is 17.7 Å². The van der Waals surface area contributed by atoms with Crippen molar-refractivity contribution < 1.29 is 9.90 Å². The fraction of sp³-hybridized carbons (Fsp3) is 0.727. The van der Waals surface area contributed by atoms with Gasteiger partial charge in [-0.25, -0.2) is 0 Å². The van der Waals surface area contributed by atoms with E-state index in [1.807, 2.05) is 0 Å². The smallest absolute Gasteiger partial charge is 0.313 e. The third kappa shape index (κ3) is 2.46. The van der Waals surface area contributed by atoms with Crippen molar-refractivity contribution in [3.8, 4) is 0 Å². The summed E-state index contributed by atoms with van der Waals surface area (Å²) in [5.74, 6) is 0.473. The Balaban J connectivity index is 2.29. The van der Waals surface area contributed by atoms with E-state index < -0.39 is 5.97 Å². The molecule has 5 nitrogen and oxygen atoms in total. The van der Waals surface area contributed by atoms with Crippen LogP contribution in [0.1, 0.15) is 45.4 Å². The average Bonchev–Trinajstić information content (AvgIpc) is 2.82. The molecule has 0 bridgehead atoms. The van der Waals surface area contributed by atoms with E-state index in [1.54, 1.807) is 0 Å². The van der Waals surface area contributed by atoms with Crippen molar-refractivity contribution in [1.29, 1.82) is 0 Å². The molecule has 1 aromatic heterocycles. The minimum Gasteiger partial charge on any atom is -0.481 e. The molecule has 1 aliphatic carbocycles. The van der Waals surface area contributed by atoms with Crippen LogP contribution < -0.4 is 0 Å². The fourth-order valence-corrected chi connectivity index (χ4v) is 2.58. The molecule has 1 heterocycles. The Labute approximate surface area is 105 Å². The van der Waals surface area contributed by atoms with Gasteiger partial charge >= 0.3 is 5.97 Å². The van der Waals surface area contributed by atoms with E-state index in [2.05, 4.69) is 35.5 Å². The molecular weight excluding hydrogens is 238 g/mol. The predicted molar refractivity (Wildman–Crippen MR) is 65.4 cm³/mol. The van der Waals surface area contributed by atoms with E-state index in [0.29, 0.717) is 5.92 Å². The maximum absolute atomic E-state index is 10.6. The van der Waals surface area contributed by atoms with Gasteiger partial charge in [0.1, 0.15) is 5.82 Å². The maximum atomic E-state index is 10.6. The summed E-state index contributed by atoms with van der Waals surface area (Å²) in [5, 5.41) is 17.8. The largest absolute Gasteiger partial charge is 0.481 e. The van der Waals surface area contributed by atoms with Crippen LogP contribution >= 0.6 is 11.8 Å². The van der Waals surface area contributed by atoms with E-state index in [9.17, 15) is 4.79 Å². The third-order valence-corrected chi connectivity index (χ3v) is 3.93. The topological polar surface area (TPSA) is 68.0 Å². The number of aromatic nitrogens is 3. The number of nitrogens with zero attached hydrogens (tertiary/aromatic N) is 3. The highest BCUT2D eigenvalue weighted by Gasteiger charge is 2.43. The molecule has 0 saturated heterocycles. The summed E-state index contributed by atoms with van der Waals surface area (Å²) >= 11 is 1.25. The van der Waals surface area contributed by atoms with E-state index in [0.717, 1.165) is 23.8 Å². The normalized spacial score (nSPS) is 17.4. The molecule has 1 aromatic rings. The van der Waals surface area contributed by atoms with Gasteiger partial charge in [0.2, 0.25) is 0 Å². The quantitative estimate of drug-likeness (QED) is 0.816. The van der Waals surface area contributed by atoms with Crippen LogP contribution in [0.25, 0.3) is 0 Å². The molecule has 0 aliphatic heterocycles. The van der Waals surface area contributed by atoms with Crippen molar-refractivity contribution in [2.75, 3.05) is 5.75 Å². The summed E-state index contributed by atoms with van der Waals surface area (Å²) in [6.07, 6.45) is 2.23. The summed E-state index contributed by atoms with van der Waals surface area (Å²) in [6, 6.07) is 0.